The maximum absolute atomic E-state index is 13.1. The Hall–Kier alpha value is -2.65. The predicted molar refractivity (Wildman–Crippen MR) is 87.5 cm³/mol. The van der Waals surface area contributed by atoms with E-state index < -0.39 is 31.1 Å². The molecule has 26 heavy (non-hydrogen) atoms. The number of ether oxygens (including phenoxy) is 3. The first kappa shape index (κ1) is 18.2. The number of fused-ring (bicyclic) bond motifs is 1. The number of hydrogen-bond acceptors (Lipinski definition) is 6. The van der Waals surface area contributed by atoms with Crippen LogP contribution >= 0.6 is 0 Å². The Morgan fingerprint density at radius 1 is 1.31 bits per heavy atom. The summed E-state index contributed by atoms with van der Waals surface area (Å²) in [6.45, 7) is -0.554. The molecule has 1 fully saturated rings. The van der Waals surface area contributed by atoms with Crippen molar-refractivity contribution in [1.82, 2.24) is 10.2 Å². The van der Waals surface area contributed by atoms with E-state index in [-0.39, 0.29) is 29.5 Å². The number of nitrogens with zero attached hydrogens (tertiary/aromatic N) is 1. The van der Waals surface area contributed by atoms with Crippen molar-refractivity contribution in [3.8, 4) is 5.75 Å². The van der Waals surface area contributed by atoms with Crippen LogP contribution in [0.1, 0.15) is 35.0 Å². The first-order valence-electron chi connectivity index (χ1n) is 8.13. The molecule has 2 heterocycles. The van der Waals surface area contributed by atoms with Gasteiger partial charge in [-0.3, -0.25) is 9.59 Å². The molecule has 0 aliphatic carbocycles. The molecular formula is C17H20N2O7. The maximum atomic E-state index is 13.1. The van der Waals surface area contributed by atoms with E-state index in [9.17, 15) is 14.4 Å². The lowest BCUT2D eigenvalue weighted by atomic mass is 10.0. The van der Waals surface area contributed by atoms with Gasteiger partial charge < -0.3 is 29.5 Å². The van der Waals surface area contributed by atoms with Gasteiger partial charge in [0.2, 0.25) is 5.91 Å². The van der Waals surface area contributed by atoms with E-state index in [1.807, 2.05) is 0 Å². The van der Waals surface area contributed by atoms with Gasteiger partial charge in [-0.1, -0.05) is 12.1 Å². The molecule has 3 atom stereocenters. The molecule has 0 bridgehead atoms. The zero-order valence-corrected chi connectivity index (χ0v) is 14.4. The molecule has 0 spiro atoms. The lowest BCUT2D eigenvalue weighted by Crippen LogP contribution is -2.57. The van der Waals surface area contributed by atoms with Crippen molar-refractivity contribution in [2.75, 3.05) is 20.8 Å². The molecule has 9 heteroatoms. The van der Waals surface area contributed by atoms with Crippen LogP contribution < -0.4 is 10.1 Å². The first-order valence-corrected chi connectivity index (χ1v) is 8.13. The van der Waals surface area contributed by atoms with E-state index in [2.05, 4.69) is 5.32 Å². The number of aliphatic carboxylic acids is 1. The third-order valence-corrected chi connectivity index (χ3v) is 4.53. The van der Waals surface area contributed by atoms with Crippen LogP contribution in [0.25, 0.3) is 0 Å². The lowest BCUT2D eigenvalue weighted by molar-refractivity contribution is -0.139. The molecule has 140 valence electrons. The number of carbonyl (C=O) groups is 3. The fourth-order valence-electron chi connectivity index (χ4n) is 3.45. The molecule has 2 aliphatic heterocycles. The normalized spacial score (nSPS) is 25.0. The van der Waals surface area contributed by atoms with Crippen molar-refractivity contribution < 1.29 is 33.7 Å². The SMILES string of the molecule is COC1NC(=O)CCC1N1C(=O)c2c(OCC(=O)O)cccc2C1OC. The molecule has 9 nitrogen and oxygen atoms in total. The van der Waals surface area contributed by atoms with Gasteiger partial charge in [-0.2, -0.15) is 0 Å². The van der Waals surface area contributed by atoms with E-state index in [1.165, 1.54) is 19.1 Å². The summed E-state index contributed by atoms with van der Waals surface area (Å²) in [5.74, 6) is -1.44. The van der Waals surface area contributed by atoms with Gasteiger partial charge >= 0.3 is 5.97 Å². The quantitative estimate of drug-likeness (QED) is 0.755. The van der Waals surface area contributed by atoms with Crippen molar-refractivity contribution >= 4 is 17.8 Å². The molecule has 2 N–H and O–H groups in total. The van der Waals surface area contributed by atoms with Gasteiger partial charge in [0.15, 0.2) is 12.8 Å². The van der Waals surface area contributed by atoms with Crippen LogP contribution in [0.5, 0.6) is 5.75 Å². The molecule has 0 saturated carbocycles. The molecule has 3 rings (SSSR count). The number of carboxylic acid groups (broad SMARTS) is 1. The molecule has 1 saturated heterocycles. The second kappa shape index (κ2) is 7.30. The Bertz CT molecular complexity index is 736. The summed E-state index contributed by atoms with van der Waals surface area (Å²) in [6, 6.07) is 4.54. The minimum atomic E-state index is -1.14. The van der Waals surface area contributed by atoms with Crippen LogP contribution in [0.15, 0.2) is 18.2 Å². The van der Waals surface area contributed by atoms with Crippen molar-refractivity contribution in [2.24, 2.45) is 0 Å². The van der Waals surface area contributed by atoms with E-state index in [4.69, 9.17) is 19.3 Å². The monoisotopic (exact) mass is 364 g/mol. The topological polar surface area (TPSA) is 114 Å². The zero-order valence-electron chi connectivity index (χ0n) is 14.4. The average molecular weight is 364 g/mol. The number of nitrogens with one attached hydrogen (secondary N) is 1. The number of benzene rings is 1. The van der Waals surface area contributed by atoms with Crippen LogP contribution in [0.3, 0.4) is 0 Å². The van der Waals surface area contributed by atoms with Crippen LogP contribution in [0, 0.1) is 0 Å². The molecular weight excluding hydrogens is 344 g/mol. The van der Waals surface area contributed by atoms with E-state index in [1.54, 1.807) is 18.2 Å². The van der Waals surface area contributed by atoms with E-state index in [0.29, 0.717) is 12.0 Å². The molecule has 2 aliphatic rings. The van der Waals surface area contributed by atoms with Gasteiger partial charge in [-0.15, -0.1) is 0 Å². The zero-order chi connectivity index (χ0) is 18.8. The fourth-order valence-corrected chi connectivity index (χ4v) is 3.45. The fraction of sp³-hybridized carbons (Fsp3) is 0.471. The van der Waals surface area contributed by atoms with Crippen LogP contribution in [-0.4, -0.2) is 60.9 Å². The number of carbonyl (C=O) groups excluding carboxylic acids is 2. The molecule has 2 amide bonds. The second-order valence-corrected chi connectivity index (χ2v) is 6.03. The van der Waals surface area contributed by atoms with Crippen LogP contribution in [0.2, 0.25) is 0 Å². The smallest absolute Gasteiger partial charge is 0.341 e. The summed E-state index contributed by atoms with van der Waals surface area (Å²) < 4.78 is 16.2. The Balaban J connectivity index is 1.96. The first-order chi connectivity index (χ1) is 12.5. The highest BCUT2D eigenvalue weighted by Crippen LogP contribution is 2.41. The highest BCUT2D eigenvalue weighted by atomic mass is 16.5. The van der Waals surface area contributed by atoms with Gasteiger partial charge in [0.05, 0.1) is 11.6 Å². The third kappa shape index (κ3) is 3.11. The number of piperidine rings is 1. The summed E-state index contributed by atoms with van der Waals surface area (Å²) >= 11 is 0. The number of carboxylic acids is 1. The lowest BCUT2D eigenvalue weighted by Gasteiger charge is -2.39. The van der Waals surface area contributed by atoms with Crippen molar-refractivity contribution in [3.63, 3.8) is 0 Å². The van der Waals surface area contributed by atoms with Crippen LogP contribution in [0.4, 0.5) is 0 Å². The largest absolute Gasteiger partial charge is 0.481 e. The summed E-state index contributed by atoms with van der Waals surface area (Å²) in [6.07, 6.45) is -0.641. The standard InChI is InChI=1S/C17H20N2O7/c1-24-15-10(6-7-12(20)18-15)19-16(23)14-9(17(19)25-2)4-3-5-11(14)26-8-13(21)22/h3-5,10,15,17H,6-8H2,1-2H3,(H,18,20)(H,21,22). The molecule has 0 aromatic heterocycles. The van der Waals surface area contributed by atoms with Gasteiger partial charge in [-0.25, -0.2) is 4.79 Å². The average Bonchev–Trinajstić information content (AvgIpc) is 2.92. The third-order valence-electron chi connectivity index (χ3n) is 4.53. The molecule has 0 radical (unpaired) electrons. The second-order valence-electron chi connectivity index (χ2n) is 6.03. The minimum absolute atomic E-state index is 0.142. The summed E-state index contributed by atoms with van der Waals surface area (Å²) in [5, 5.41) is 11.6. The highest BCUT2D eigenvalue weighted by Gasteiger charge is 2.47. The van der Waals surface area contributed by atoms with Gasteiger partial charge in [0.25, 0.3) is 5.91 Å². The Kier molecular flexibility index (Phi) is 5.10. The Morgan fingerprint density at radius 2 is 2.08 bits per heavy atom. The maximum Gasteiger partial charge on any atom is 0.341 e. The number of hydrogen-bond donors (Lipinski definition) is 2. The van der Waals surface area contributed by atoms with E-state index in [0.717, 1.165) is 0 Å². The molecule has 1 aromatic carbocycles. The number of rotatable bonds is 6. The number of amides is 2. The van der Waals surface area contributed by atoms with Gasteiger partial charge in [0, 0.05) is 26.2 Å². The summed E-state index contributed by atoms with van der Waals surface area (Å²) in [5.41, 5.74) is 0.861. The summed E-state index contributed by atoms with van der Waals surface area (Å²) in [7, 11) is 2.94. The minimum Gasteiger partial charge on any atom is -0.481 e. The highest BCUT2D eigenvalue weighted by molar-refractivity contribution is 6.02. The van der Waals surface area contributed by atoms with Gasteiger partial charge in [-0.05, 0) is 12.5 Å². The Morgan fingerprint density at radius 3 is 2.73 bits per heavy atom. The molecule has 3 unspecified atom stereocenters. The number of methoxy groups -OCH3 is 2. The van der Waals surface area contributed by atoms with Crippen molar-refractivity contribution in [2.45, 2.75) is 31.3 Å². The van der Waals surface area contributed by atoms with Crippen LogP contribution in [-0.2, 0) is 19.1 Å². The molecule has 1 aromatic rings. The summed E-state index contributed by atoms with van der Waals surface area (Å²) in [4.78, 5) is 37.1. The van der Waals surface area contributed by atoms with Crippen molar-refractivity contribution in [1.29, 1.82) is 0 Å². The predicted octanol–water partition coefficient (Wildman–Crippen LogP) is 0.502. The van der Waals surface area contributed by atoms with Gasteiger partial charge in [0.1, 0.15) is 12.0 Å². The Labute approximate surface area is 149 Å². The van der Waals surface area contributed by atoms with E-state index >= 15 is 0 Å². The van der Waals surface area contributed by atoms with Crippen molar-refractivity contribution in [3.05, 3.63) is 29.3 Å².